The van der Waals surface area contributed by atoms with Gasteiger partial charge in [-0.2, -0.15) is 0 Å². The van der Waals surface area contributed by atoms with E-state index in [2.05, 4.69) is 27.5 Å². The zero-order valence-corrected chi connectivity index (χ0v) is 12.7. The smallest absolute Gasteiger partial charge is 0.251 e. The van der Waals surface area contributed by atoms with Gasteiger partial charge in [-0.1, -0.05) is 0 Å². The van der Waals surface area contributed by atoms with Crippen molar-refractivity contribution in [2.24, 2.45) is 0 Å². The Hall–Kier alpha value is -0.950. The van der Waals surface area contributed by atoms with Crippen LogP contribution in [0.25, 0.3) is 0 Å². The average molecular weight is 370 g/mol. The van der Waals surface area contributed by atoms with Crippen LogP contribution in [0.4, 0.5) is 5.69 Å². The largest absolute Gasteiger partial charge is 0.292 e. The van der Waals surface area contributed by atoms with Crippen molar-refractivity contribution in [2.75, 3.05) is 18.0 Å². The lowest BCUT2D eigenvalue weighted by atomic mass is 10.2. The maximum absolute atomic E-state index is 12.4. The second-order valence-corrected chi connectivity index (χ2v) is 6.25. The predicted molar refractivity (Wildman–Crippen MR) is 80.9 cm³/mol. The van der Waals surface area contributed by atoms with Crippen LogP contribution in [0.1, 0.15) is 19.3 Å². The summed E-state index contributed by atoms with van der Waals surface area (Å²) in [6.45, 7) is 1.87. The number of carbonyl (C=O) groups is 2. The summed E-state index contributed by atoms with van der Waals surface area (Å²) in [5.74, 6) is -0.142. The Morgan fingerprint density at radius 1 is 1.05 bits per heavy atom. The third kappa shape index (κ3) is 2.41. The third-order valence-corrected chi connectivity index (χ3v) is 4.51. The summed E-state index contributed by atoms with van der Waals surface area (Å²) in [4.78, 5) is 28.1. The summed E-state index contributed by atoms with van der Waals surface area (Å²) in [7, 11) is 0. The molecule has 2 amide bonds. The number of rotatable bonds is 2. The molecule has 0 N–H and O–H groups in total. The minimum atomic E-state index is -0.241. The van der Waals surface area contributed by atoms with E-state index in [4.69, 9.17) is 0 Å². The molecule has 100 valence electrons. The molecule has 2 fully saturated rings. The van der Waals surface area contributed by atoms with E-state index < -0.39 is 0 Å². The quantitative estimate of drug-likeness (QED) is 0.591. The Kier molecular flexibility index (Phi) is 3.58. The monoisotopic (exact) mass is 370 g/mol. The lowest BCUT2D eigenvalue weighted by Crippen LogP contribution is -2.40. The van der Waals surface area contributed by atoms with E-state index in [0.29, 0.717) is 12.1 Å². The van der Waals surface area contributed by atoms with Crippen molar-refractivity contribution >= 4 is 40.1 Å². The van der Waals surface area contributed by atoms with Crippen LogP contribution in [0.3, 0.4) is 0 Å². The molecule has 0 unspecified atom stereocenters. The van der Waals surface area contributed by atoms with Gasteiger partial charge in [0.05, 0.1) is 18.2 Å². The van der Waals surface area contributed by atoms with Crippen molar-refractivity contribution in [1.29, 1.82) is 0 Å². The van der Waals surface area contributed by atoms with Crippen LogP contribution >= 0.6 is 22.6 Å². The number of anilines is 1. The highest BCUT2D eigenvalue weighted by molar-refractivity contribution is 14.1. The number of halogens is 1. The number of hydrogen-bond acceptors (Lipinski definition) is 3. The van der Waals surface area contributed by atoms with Gasteiger partial charge in [0.1, 0.15) is 0 Å². The molecule has 2 saturated heterocycles. The molecular formula is C14H15IN2O2. The highest BCUT2D eigenvalue weighted by Crippen LogP contribution is 2.27. The number of amides is 2. The Balaban J connectivity index is 1.84. The van der Waals surface area contributed by atoms with Crippen molar-refractivity contribution in [3.8, 4) is 0 Å². The average Bonchev–Trinajstić information content (AvgIpc) is 3.00. The molecule has 4 nitrogen and oxygen atoms in total. The molecule has 0 radical (unpaired) electrons. The van der Waals surface area contributed by atoms with Crippen LogP contribution in [-0.4, -0.2) is 35.8 Å². The minimum Gasteiger partial charge on any atom is -0.292 e. The van der Waals surface area contributed by atoms with Gasteiger partial charge in [-0.05, 0) is 72.8 Å². The lowest BCUT2D eigenvalue weighted by Gasteiger charge is -2.21. The van der Waals surface area contributed by atoms with Crippen LogP contribution in [0.5, 0.6) is 0 Å². The second-order valence-electron chi connectivity index (χ2n) is 5.01. The maximum atomic E-state index is 12.4. The molecule has 1 aromatic carbocycles. The number of nitrogens with zero attached hydrogens (tertiary/aromatic N) is 2. The fourth-order valence-corrected chi connectivity index (χ4v) is 3.18. The zero-order chi connectivity index (χ0) is 13.4. The molecule has 2 heterocycles. The van der Waals surface area contributed by atoms with Gasteiger partial charge in [-0.15, -0.1) is 0 Å². The molecule has 3 rings (SSSR count). The first kappa shape index (κ1) is 13.1. The summed E-state index contributed by atoms with van der Waals surface area (Å²) in [6, 6.07) is 7.27. The molecule has 2 aliphatic heterocycles. The van der Waals surface area contributed by atoms with E-state index in [9.17, 15) is 9.59 Å². The number of hydrogen-bond donors (Lipinski definition) is 0. The Bertz CT molecular complexity index is 509. The number of benzene rings is 1. The summed E-state index contributed by atoms with van der Waals surface area (Å²) in [5.41, 5.74) is 0.692. The fraction of sp³-hybridized carbons (Fsp3) is 0.429. The SMILES string of the molecule is O=C1C[C@H](N2CCCC2)C(=O)N1c1ccc(I)cc1. The van der Waals surface area contributed by atoms with Crippen LogP contribution < -0.4 is 4.90 Å². The predicted octanol–water partition coefficient (Wildman–Crippen LogP) is 2.02. The second kappa shape index (κ2) is 5.20. The van der Waals surface area contributed by atoms with Gasteiger partial charge in [0.25, 0.3) is 5.91 Å². The number of likely N-dealkylation sites (tertiary alicyclic amines) is 1. The fourth-order valence-electron chi connectivity index (χ4n) is 2.82. The molecule has 0 aliphatic carbocycles. The summed E-state index contributed by atoms with van der Waals surface area (Å²) in [6.07, 6.45) is 2.58. The first-order valence-electron chi connectivity index (χ1n) is 6.53. The summed E-state index contributed by atoms with van der Waals surface area (Å²) >= 11 is 2.21. The first-order valence-corrected chi connectivity index (χ1v) is 7.61. The summed E-state index contributed by atoms with van der Waals surface area (Å²) in [5, 5.41) is 0. The first-order chi connectivity index (χ1) is 9.16. The van der Waals surface area contributed by atoms with Crippen LogP contribution in [0.15, 0.2) is 24.3 Å². The molecule has 0 spiro atoms. The van der Waals surface area contributed by atoms with Crippen molar-refractivity contribution in [3.63, 3.8) is 0 Å². The Labute approximate surface area is 125 Å². The third-order valence-electron chi connectivity index (χ3n) is 3.79. The van der Waals surface area contributed by atoms with Crippen LogP contribution in [0.2, 0.25) is 0 Å². The normalized spacial score (nSPS) is 24.5. The van der Waals surface area contributed by atoms with E-state index in [1.54, 1.807) is 0 Å². The summed E-state index contributed by atoms with van der Waals surface area (Å²) < 4.78 is 1.09. The standard InChI is InChI=1S/C14H15IN2O2/c15-10-3-5-11(6-4-10)17-13(18)9-12(14(17)19)16-7-1-2-8-16/h3-6,12H,1-2,7-9H2/t12-/m0/s1. The Morgan fingerprint density at radius 3 is 2.32 bits per heavy atom. The van der Waals surface area contributed by atoms with Crippen molar-refractivity contribution < 1.29 is 9.59 Å². The highest BCUT2D eigenvalue weighted by Gasteiger charge is 2.43. The molecule has 5 heteroatoms. The van der Waals surface area contributed by atoms with E-state index in [1.165, 1.54) is 4.90 Å². The van der Waals surface area contributed by atoms with Gasteiger partial charge in [-0.3, -0.25) is 14.5 Å². The van der Waals surface area contributed by atoms with Crippen molar-refractivity contribution in [1.82, 2.24) is 4.90 Å². The zero-order valence-electron chi connectivity index (χ0n) is 10.5. The minimum absolute atomic E-state index is 0.0619. The lowest BCUT2D eigenvalue weighted by molar-refractivity contribution is -0.122. The van der Waals surface area contributed by atoms with Gasteiger partial charge < -0.3 is 0 Å². The van der Waals surface area contributed by atoms with Crippen LogP contribution in [-0.2, 0) is 9.59 Å². The van der Waals surface area contributed by atoms with Crippen LogP contribution in [0, 0.1) is 3.57 Å². The molecular weight excluding hydrogens is 355 g/mol. The molecule has 1 atom stereocenters. The molecule has 19 heavy (non-hydrogen) atoms. The van der Waals surface area contributed by atoms with Crippen molar-refractivity contribution in [2.45, 2.75) is 25.3 Å². The topological polar surface area (TPSA) is 40.6 Å². The maximum Gasteiger partial charge on any atom is 0.251 e. The molecule has 2 aliphatic rings. The van der Waals surface area contributed by atoms with Crippen molar-refractivity contribution in [3.05, 3.63) is 27.8 Å². The number of carbonyl (C=O) groups excluding carboxylic acids is 2. The van der Waals surface area contributed by atoms with Gasteiger partial charge in [0, 0.05) is 3.57 Å². The van der Waals surface area contributed by atoms with Gasteiger partial charge in [0.15, 0.2) is 0 Å². The van der Waals surface area contributed by atoms with Gasteiger partial charge >= 0.3 is 0 Å². The van der Waals surface area contributed by atoms with E-state index in [0.717, 1.165) is 29.5 Å². The highest BCUT2D eigenvalue weighted by atomic mass is 127. The van der Waals surface area contributed by atoms with E-state index in [1.807, 2.05) is 24.3 Å². The van der Waals surface area contributed by atoms with E-state index >= 15 is 0 Å². The molecule has 0 aromatic heterocycles. The van der Waals surface area contributed by atoms with Gasteiger partial charge in [-0.25, -0.2) is 4.90 Å². The number of imide groups is 1. The molecule has 0 saturated carbocycles. The molecule has 1 aromatic rings. The molecule has 0 bridgehead atoms. The Morgan fingerprint density at radius 2 is 1.68 bits per heavy atom. The van der Waals surface area contributed by atoms with Gasteiger partial charge in [0.2, 0.25) is 5.91 Å². The van der Waals surface area contributed by atoms with E-state index in [-0.39, 0.29) is 17.9 Å².